The molecule has 136 valence electrons. The van der Waals surface area contributed by atoms with Gasteiger partial charge in [0.15, 0.2) is 7.14 Å². The van der Waals surface area contributed by atoms with Crippen LogP contribution in [0.1, 0.15) is 37.3 Å². The molecule has 0 spiro atoms. The number of allylic oxidation sites excluding steroid dienone is 1. The summed E-state index contributed by atoms with van der Waals surface area (Å²) in [5.74, 6) is 0. The third kappa shape index (κ3) is 3.16. The molecule has 1 atom stereocenters. The quantitative estimate of drug-likeness (QED) is 0.400. The van der Waals surface area contributed by atoms with Crippen molar-refractivity contribution in [1.82, 2.24) is 0 Å². The van der Waals surface area contributed by atoms with Gasteiger partial charge in [0, 0.05) is 20.4 Å². The van der Waals surface area contributed by atoms with Crippen LogP contribution in [-0.2, 0) is 4.57 Å². The summed E-state index contributed by atoms with van der Waals surface area (Å²) in [6, 6.07) is 26.5. The topological polar surface area (TPSA) is 17.1 Å². The van der Waals surface area contributed by atoms with Crippen LogP contribution in [0.25, 0.3) is 10.9 Å². The molecule has 4 rings (SSSR count). The summed E-state index contributed by atoms with van der Waals surface area (Å²) in [7, 11) is -2.89. The maximum Gasteiger partial charge on any atom is 0.172 e. The lowest BCUT2D eigenvalue weighted by Gasteiger charge is -2.19. The van der Waals surface area contributed by atoms with Gasteiger partial charge in [-0.2, -0.15) is 0 Å². The average Bonchev–Trinajstić information content (AvgIpc) is 2.97. The molecule has 27 heavy (non-hydrogen) atoms. The highest BCUT2D eigenvalue weighted by Gasteiger charge is 2.42. The largest absolute Gasteiger partial charge is 0.309 e. The van der Waals surface area contributed by atoms with E-state index >= 15 is 0 Å². The predicted octanol–water partition coefficient (Wildman–Crippen LogP) is 6.84. The number of hydrogen-bond donors (Lipinski definition) is 0. The number of halogens is 1. The molecule has 3 heteroatoms. The van der Waals surface area contributed by atoms with E-state index in [2.05, 4.69) is 53.2 Å². The van der Waals surface area contributed by atoms with Crippen LogP contribution in [0.5, 0.6) is 0 Å². The van der Waals surface area contributed by atoms with Gasteiger partial charge < -0.3 is 4.57 Å². The van der Waals surface area contributed by atoms with E-state index in [1.165, 1.54) is 5.57 Å². The molecule has 0 bridgehead atoms. The second-order valence-electron chi connectivity index (χ2n) is 6.90. The molecule has 1 nitrogen and oxygen atoms in total. The van der Waals surface area contributed by atoms with Crippen LogP contribution >= 0.6 is 23.1 Å². The molecule has 0 N–H and O–H groups in total. The minimum atomic E-state index is -2.89. The van der Waals surface area contributed by atoms with Gasteiger partial charge in [0.1, 0.15) is 0 Å². The van der Waals surface area contributed by atoms with E-state index in [0.29, 0.717) is 0 Å². The highest BCUT2D eigenvalue weighted by atomic mass is 79.9. The minimum absolute atomic E-state index is 0.918. The summed E-state index contributed by atoms with van der Waals surface area (Å²) in [6.45, 7) is 2.21. The molecule has 3 aromatic carbocycles. The minimum Gasteiger partial charge on any atom is -0.309 e. The lowest BCUT2D eigenvalue weighted by Crippen LogP contribution is -2.15. The molecule has 3 aromatic rings. The average molecular weight is 437 g/mol. The second-order valence-corrected chi connectivity index (χ2v) is 10.5. The molecular formula is C24H22BrOP. The Kier molecular flexibility index (Phi) is 5.21. The van der Waals surface area contributed by atoms with Crippen LogP contribution < -0.4 is 10.6 Å². The Morgan fingerprint density at radius 2 is 1.52 bits per heavy atom. The summed E-state index contributed by atoms with van der Waals surface area (Å²) in [5.41, 5.74) is 3.48. The molecule has 1 aliphatic heterocycles. The van der Waals surface area contributed by atoms with Crippen LogP contribution in [0.3, 0.4) is 0 Å². The van der Waals surface area contributed by atoms with Gasteiger partial charge in [0.25, 0.3) is 0 Å². The maximum absolute atomic E-state index is 14.8. The van der Waals surface area contributed by atoms with E-state index < -0.39 is 7.14 Å². The third-order valence-corrected chi connectivity index (χ3v) is 8.97. The first-order valence-electron chi connectivity index (χ1n) is 9.41. The Labute approximate surface area is 169 Å². The lowest BCUT2D eigenvalue weighted by atomic mass is 9.98. The first kappa shape index (κ1) is 18.5. The summed E-state index contributed by atoms with van der Waals surface area (Å²) in [6.07, 6.45) is 3.17. The van der Waals surface area contributed by atoms with Crippen LogP contribution in [-0.4, -0.2) is 0 Å². The van der Waals surface area contributed by atoms with Gasteiger partial charge in [-0.25, -0.2) is 0 Å². The summed E-state index contributed by atoms with van der Waals surface area (Å²) < 4.78 is 15.8. The molecule has 0 amide bonds. The first-order valence-corrected chi connectivity index (χ1v) is 11.9. The smallest absolute Gasteiger partial charge is 0.172 e. The maximum atomic E-state index is 14.8. The molecule has 1 unspecified atom stereocenters. The van der Waals surface area contributed by atoms with E-state index in [9.17, 15) is 4.57 Å². The number of rotatable bonds is 5. The number of benzene rings is 3. The highest BCUT2D eigenvalue weighted by Crippen LogP contribution is 2.64. The van der Waals surface area contributed by atoms with Crippen molar-refractivity contribution in [3.05, 3.63) is 94.5 Å². The van der Waals surface area contributed by atoms with Crippen LogP contribution in [0.15, 0.2) is 83.3 Å². The van der Waals surface area contributed by atoms with Crippen molar-refractivity contribution in [3.63, 3.8) is 0 Å². The molecule has 0 saturated carbocycles. The number of hydrogen-bond acceptors (Lipinski definition) is 1. The van der Waals surface area contributed by atoms with Crippen molar-refractivity contribution in [2.45, 2.75) is 26.2 Å². The Balaban J connectivity index is 2.04. The Bertz CT molecular complexity index is 1040. The molecular weight excluding hydrogens is 415 g/mol. The first-order chi connectivity index (χ1) is 13.2. The van der Waals surface area contributed by atoms with E-state index in [0.717, 1.165) is 50.8 Å². The SMILES string of the molecule is CCCCC1=C(c2ccc(Br)cc2)P(=O)(c2ccccc2)c2ccccc21. The highest BCUT2D eigenvalue weighted by molar-refractivity contribution is 9.10. The third-order valence-electron chi connectivity index (χ3n) is 5.19. The summed E-state index contributed by atoms with van der Waals surface area (Å²) in [5, 5.41) is 2.93. The standard InChI is InChI=1S/C24H22BrOP/c1-2-3-11-22-21-12-7-8-13-23(21)27(26,20-9-5-4-6-10-20)24(22)18-14-16-19(25)17-15-18/h4-10,12-17H,2-3,11H2,1H3. The number of unbranched alkanes of at least 4 members (excludes halogenated alkanes) is 1. The Hall–Kier alpha value is -1.89. The molecule has 0 saturated heterocycles. The molecule has 0 aromatic heterocycles. The van der Waals surface area contributed by atoms with E-state index in [4.69, 9.17) is 0 Å². The zero-order chi connectivity index (χ0) is 18.9. The van der Waals surface area contributed by atoms with Crippen molar-refractivity contribution in [2.75, 3.05) is 0 Å². The molecule has 0 aliphatic carbocycles. The van der Waals surface area contributed by atoms with E-state index in [1.54, 1.807) is 0 Å². The van der Waals surface area contributed by atoms with Gasteiger partial charge >= 0.3 is 0 Å². The molecule has 0 fully saturated rings. The van der Waals surface area contributed by atoms with Crippen molar-refractivity contribution in [1.29, 1.82) is 0 Å². The fourth-order valence-corrected chi connectivity index (χ4v) is 7.52. The van der Waals surface area contributed by atoms with Crippen LogP contribution in [0, 0.1) is 0 Å². The van der Waals surface area contributed by atoms with Gasteiger partial charge in [0.2, 0.25) is 0 Å². The summed E-state index contributed by atoms with van der Waals surface area (Å²) in [4.78, 5) is 0. The normalized spacial score (nSPS) is 18.6. The second kappa shape index (κ2) is 7.62. The van der Waals surface area contributed by atoms with Crippen molar-refractivity contribution >= 4 is 44.6 Å². The van der Waals surface area contributed by atoms with Gasteiger partial charge in [0.05, 0.1) is 0 Å². The van der Waals surface area contributed by atoms with Crippen molar-refractivity contribution in [3.8, 4) is 0 Å². The van der Waals surface area contributed by atoms with Gasteiger partial charge in [-0.3, -0.25) is 0 Å². The fourth-order valence-electron chi connectivity index (χ4n) is 3.92. The molecule has 0 radical (unpaired) electrons. The van der Waals surface area contributed by atoms with E-state index in [-0.39, 0.29) is 0 Å². The van der Waals surface area contributed by atoms with Crippen LogP contribution in [0.4, 0.5) is 0 Å². The Morgan fingerprint density at radius 1 is 0.852 bits per heavy atom. The Morgan fingerprint density at radius 3 is 2.22 bits per heavy atom. The zero-order valence-corrected chi connectivity index (χ0v) is 17.8. The van der Waals surface area contributed by atoms with Crippen LogP contribution in [0.2, 0.25) is 0 Å². The monoisotopic (exact) mass is 436 g/mol. The summed E-state index contributed by atoms with van der Waals surface area (Å²) >= 11 is 3.53. The van der Waals surface area contributed by atoms with Crippen molar-refractivity contribution < 1.29 is 4.57 Å². The number of fused-ring (bicyclic) bond motifs is 1. The van der Waals surface area contributed by atoms with Gasteiger partial charge in [-0.15, -0.1) is 0 Å². The zero-order valence-electron chi connectivity index (χ0n) is 15.4. The molecule has 1 aliphatic rings. The van der Waals surface area contributed by atoms with E-state index in [1.807, 2.05) is 48.5 Å². The van der Waals surface area contributed by atoms with Gasteiger partial charge in [-0.05, 0) is 41.7 Å². The lowest BCUT2D eigenvalue weighted by molar-refractivity contribution is 0.593. The fraction of sp³-hybridized carbons (Fsp3) is 0.167. The predicted molar refractivity (Wildman–Crippen MR) is 120 cm³/mol. The van der Waals surface area contributed by atoms with Crippen molar-refractivity contribution in [2.24, 2.45) is 0 Å². The molecule has 1 heterocycles. The van der Waals surface area contributed by atoms with Gasteiger partial charge in [-0.1, -0.05) is 96.0 Å².